The number of primary amides is 1. The third-order valence-corrected chi connectivity index (χ3v) is 3.93. The second kappa shape index (κ2) is 11.4. The Hall–Kier alpha value is -3.67. The zero-order valence-corrected chi connectivity index (χ0v) is 16.3. The zero-order chi connectivity index (χ0) is 22.8. The lowest BCUT2D eigenvalue weighted by Gasteiger charge is -2.21. The van der Waals surface area contributed by atoms with Crippen molar-refractivity contribution in [2.24, 2.45) is 11.5 Å². The van der Waals surface area contributed by atoms with Crippen molar-refractivity contribution in [2.75, 3.05) is 6.54 Å². The first-order valence-electron chi connectivity index (χ1n) is 8.91. The van der Waals surface area contributed by atoms with E-state index < -0.39 is 60.7 Å². The maximum Gasteiger partial charge on any atom is 0.322 e. The molecule has 0 radical (unpaired) electrons. The molecule has 0 aromatic heterocycles. The molecule has 12 nitrogen and oxygen atoms in total. The van der Waals surface area contributed by atoms with Crippen LogP contribution in [0.3, 0.4) is 0 Å². The molecule has 0 heterocycles. The van der Waals surface area contributed by atoms with Crippen molar-refractivity contribution in [2.45, 2.75) is 37.9 Å². The second-order valence-corrected chi connectivity index (χ2v) is 6.55. The number of carbonyl (C=O) groups excluding carboxylic acids is 4. The molecule has 12 heteroatoms. The van der Waals surface area contributed by atoms with Crippen LogP contribution in [-0.4, -0.2) is 64.5 Å². The minimum Gasteiger partial charge on any atom is -0.508 e. The van der Waals surface area contributed by atoms with Crippen LogP contribution in [0.4, 0.5) is 0 Å². The summed E-state index contributed by atoms with van der Waals surface area (Å²) in [5.41, 5.74) is 11.6. The molecule has 0 fully saturated rings. The van der Waals surface area contributed by atoms with Gasteiger partial charge < -0.3 is 37.6 Å². The number of benzene rings is 1. The first-order chi connectivity index (χ1) is 14.0. The molecule has 3 unspecified atom stereocenters. The second-order valence-electron chi connectivity index (χ2n) is 6.55. The number of aliphatic carboxylic acids is 1. The van der Waals surface area contributed by atoms with Gasteiger partial charge in [0.25, 0.3) is 0 Å². The van der Waals surface area contributed by atoms with E-state index in [-0.39, 0.29) is 12.2 Å². The Morgan fingerprint density at radius 3 is 2.13 bits per heavy atom. The Morgan fingerprint density at radius 1 is 1.00 bits per heavy atom. The lowest BCUT2D eigenvalue weighted by Crippen LogP contribution is -2.56. The van der Waals surface area contributed by atoms with Gasteiger partial charge in [-0.2, -0.15) is 0 Å². The summed E-state index contributed by atoms with van der Waals surface area (Å²) in [6.07, 6.45) is -0.402. The van der Waals surface area contributed by atoms with Gasteiger partial charge in [-0.15, -0.1) is 0 Å². The van der Waals surface area contributed by atoms with Crippen LogP contribution >= 0.6 is 0 Å². The van der Waals surface area contributed by atoms with Crippen LogP contribution in [0.2, 0.25) is 0 Å². The molecule has 1 aromatic carbocycles. The number of hydrogen-bond donors (Lipinski definition) is 7. The lowest BCUT2D eigenvalue weighted by molar-refractivity contribution is -0.138. The molecule has 30 heavy (non-hydrogen) atoms. The fourth-order valence-electron chi connectivity index (χ4n) is 2.36. The summed E-state index contributed by atoms with van der Waals surface area (Å²) in [4.78, 5) is 58.2. The molecular weight excluding hydrogens is 398 g/mol. The molecule has 164 valence electrons. The van der Waals surface area contributed by atoms with E-state index in [4.69, 9.17) is 16.6 Å². The fourth-order valence-corrected chi connectivity index (χ4v) is 2.36. The summed E-state index contributed by atoms with van der Waals surface area (Å²) >= 11 is 0. The largest absolute Gasteiger partial charge is 0.508 e. The average Bonchev–Trinajstić information content (AvgIpc) is 2.66. The number of phenolic OH excluding ortho intramolecular Hbond substituents is 1. The number of aromatic hydroxyl groups is 1. The highest BCUT2D eigenvalue weighted by Gasteiger charge is 2.27. The Morgan fingerprint density at radius 2 is 1.60 bits per heavy atom. The van der Waals surface area contributed by atoms with Gasteiger partial charge in [0.15, 0.2) is 0 Å². The van der Waals surface area contributed by atoms with Crippen LogP contribution in [0.1, 0.15) is 18.9 Å². The van der Waals surface area contributed by atoms with E-state index >= 15 is 0 Å². The third-order valence-electron chi connectivity index (χ3n) is 3.93. The minimum atomic E-state index is -1.40. The number of carbonyl (C=O) groups is 5. The van der Waals surface area contributed by atoms with Gasteiger partial charge in [0.2, 0.25) is 23.6 Å². The summed E-state index contributed by atoms with van der Waals surface area (Å²) < 4.78 is 0. The summed E-state index contributed by atoms with van der Waals surface area (Å²) in [7, 11) is 0. The summed E-state index contributed by atoms with van der Waals surface area (Å²) in [6, 6.07) is 2.61. The van der Waals surface area contributed by atoms with Crippen molar-refractivity contribution in [1.82, 2.24) is 16.0 Å². The van der Waals surface area contributed by atoms with Gasteiger partial charge in [0.05, 0.1) is 12.5 Å². The molecule has 0 bridgehead atoms. The van der Waals surface area contributed by atoms with Gasteiger partial charge in [0.1, 0.15) is 24.4 Å². The normalized spacial score (nSPS) is 13.4. The number of carboxylic acid groups (broad SMARTS) is 1. The average molecular weight is 423 g/mol. The van der Waals surface area contributed by atoms with E-state index in [9.17, 15) is 29.1 Å². The van der Waals surface area contributed by atoms with Crippen LogP contribution in [0.5, 0.6) is 5.75 Å². The predicted molar refractivity (Wildman–Crippen MR) is 104 cm³/mol. The van der Waals surface area contributed by atoms with E-state index in [2.05, 4.69) is 10.6 Å². The summed E-state index contributed by atoms with van der Waals surface area (Å²) in [5, 5.41) is 24.5. The number of phenols is 1. The number of amides is 4. The molecule has 0 saturated heterocycles. The van der Waals surface area contributed by atoms with E-state index in [1.165, 1.54) is 19.1 Å². The van der Waals surface area contributed by atoms with E-state index in [1.54, 1.807) is 12.1 Å². The number of nitrogens with one attached hydrogen (secondary N) is 3. The standard InChI is InChI=1S/C18H25N5O7/c1-9(22-17(29)12(19)6-10-2-4-11(24)5-3-10)16(28)23-13(7-14(20)25)18(30)21-8-15(26)27/h2-5,9,12-13,24H,6-8,19H2,1H3,(H2,20,25)(H,21,30)(H,22,29)(H,23,28)(H,26,27). The van der Waals surface area contributed by atoms with Crippen molar-refractivity contribution in [3.63, 3.8) is 0 Å². The topological polar surface area (TPSA) is 214 Å². The van der Waals surface area contributed by atoms with Crippen molar-refractivity contribution < 1.29 is 34.2 Å². The zero-order valence-electron chi connectivity index (χ0n) is 16.3. The molecule has 4 amide bonds. The van der Waals surface area contributed by atoms with Crippen LogP contribution < -0.4 is 27.4 Å². The van der Waals surface area contributed by atoms with E-state index in [1.807, 2.05) is 5.32 Å². The van der Waals surface area contributed by atoms with Gasteiger partial charge in [0, 0.05) is 0 Å². The van der Waals surface area contributed by atoms with Gasteiger partial charge >= 0.3 is 5.97 Å². The molecule has 0 aliphatic heterocycles. The highest BCUT2D eigenvalue weighted by atomic mass is 16.4. The molecule has 0 saturated carbocycles. The smallest absolute Gasteiger partial charge is 0.322 e. The third kappa shape index (κ3) is 8.56. The van der Waals surface area contributed by atoms with Crippen LogP contribution in [0.15, 0.2) is 24.3 Å². The Labute approximate surface area is 172 Å². The number of hydrogen-bond acceptors (Lipinski definition) is 7. The van der Waals surface area contributed by atoms with E-state index in [0.717, 1.165) is 0 Å². The van der Waals surface area contributed by atoms with Crippen molar-refractivity contribution in [3.8, 4) is 5.75 Å². The van der Waals surface area contributed by atoms with Gasteiger partial charge in [-0.25, -0.2) is 0 Å². The Kier molecular flexibility index (Phi) is 9.23. The summed E-state index contributed by atoms with van der Waals surface area (Å²) in [5.74, 6) is -4.47. The van der Waals surface area contributed by atoms with Crippen molar-refractivity contribution in [1.29, 1.82) is 0 Å². The quantitative estimate of drug-likeness (QED) is 0.199. The van der Waals surface area contributed by atoms with Gasteiger partial charge in [-0.3, -0.25) is 24.0 Å². The molecule has 0 aliphatic rings. The molecule has 3 atom stereocenters. The van der Waals surface area contributed by atoms with Crippen LogP contribution in [-0.2, 0) is 30.4 Å². The maximum absolute atomic E-state index is 12.3. The lowest BCUT2D eigenvalue weighted by atomic mass is 10.1. The molecule has 0 aliphatic carbocycles. The molecule has 1 aromatic rings. The van der Waals surface area contributed by atoms with Crippen LogP contribution in [0, 0.1) is 0 Å². The van der Waals surface area contributed by atoms with Crippen LogP contribution in [0.25, 0.3) is 0 Å². The van der Waals surface area contributed by atoms with Gasteiger partial charge in [-0.05, 0) is 31.0 Å². The maximum atomic E-state index is 12.3. The monoisotopic (exact) mass is 423 g/mol. The van der Waals surface area contributed by atoms with Crippen molar-refractivity contribution in [3.05, 3.63) is 29.8 Å². The van der Waals surface area contributed by atoms with Gasteiger partial charge in [-0.1, -0.05) is 12.1 Å². The SMILES string of the molecule is CC(NC(=O)C(N)Cc1ccc(O)cc1)C(=O)NC(CC(N)=O)C(=O)NCC(=O)O. The predicted octanol–water partition coefficient (Wildman–Crippen LogP) is -2.67. The highest BCUT2D eigenvalue weighted by Crippen LogP contribution is 2.11. The minimum absolute atomic E-state index is 0.0694. The first-order valence-corrected chi connectivity index (χ1v) is 8.91. The highest BCUT2D eigenvalue weighted by molar-refractivity contribution is 5.95. The first kappa shape index (κ1) is 24.4. The molecule has 1 rings (SSSR count). The number of rotatable bonds is 11. The molecule has 0 spiro atoms. The fraction of sp³-hybridized carbons (Fsp3) is 0.389. The molecule has 9 N–H and O–H groups in total. The summed E-state index contributed by atoms with van der Waals surface area (Å²) in [6.45, 7) is 0.638. The van der Waals surface area contributed by atoms with Crippen molar-refractivity contribution >= 4 is 29.6 Å². The van der Waals surface area contributed by atoms with E-state index in [0.29, 0.717) is 5.56 Å². The number of carboxylic acids is 1. The Balaban J connectivity index is 2.65. The Bertz CT molecular complexity index is 797. The molecular formula is C18H25N5O7. The number of nitrogens with two attached hydrogens (primary N) is 2.